The van der Waals surface area contributed by atoms with Gasteiger partial charge in [-0.3, -0.25) is 0 Å². The molecule has 3 rings (SSSR count). The largest absolute Gasteiger partial charge is 0.380 e. The third-order valence-corrected chi connectivity index (χ3v) is 6.79. The highest BCUT2D eigenvalue weighted by Gasteiger charge is 2.38. The number of rotatable bonds is 5. The van der Waals surface area contributed by atoms with Gasteiger partial charge in [-0.05, 0) is 17.8 Å². The summed E-state index contributed by atoms with van der Waals surface area (Å²) in [6, 6.07) is 28.4. The van der Waals surface area contributed by atoms with Gasteiger partial charge in [0.25, 0.3) is 0 Å². The van der Waals surface area contributed by atoms with Crippen LogP contribution in [-0.4, -0.2) is 17.9 Å². The Morgan fingerprint density at radius 2 is 1.12 bits per heavy atom. The number of benzene rings is 3. The van der Waals surface area contributed by atoms with Gasteiger partial charge in [0.2, 0.25) is 0 Å². The Bertz CT molecular complexity index is 790. The first kappa shape index (κ1) is 16.7. The molecule has 0 heterocycles. The predicted molar refractivity (Wildman–Crippen MR) is 100 cm³/mol. The van der Waals surface area contributed by atoms with Gasteiger partial charge in [0.05, 0.1) is 0 Å². The van der Waals surface area contributed by atoms with Crippen LogP contribution in [0.2, 0.25) is 0 Å². The second-order valence-electron chi connectivity index (χ2n) is 6.19. The second kappa shape index (κ2) is 6.76. The molecular formula is C21H21O2P. The van der Waals surface area contributed by atoms with Gasteiger partial charge < -0.3 is 9.67 Å². The molecule has 3 aromatic carbocycles. The fourth-order valence-electron chi connectivity index (χ4n) is 3.05. The highest BCUT2D eigenvalue weighted by atomic mass is 31.2. The van der Waals surface area contributed by atoms with Crippen LogP contribution in [0.5, 0.6) is 0 Å². The standard InChI is InChI=1S/C21H21O2P/c1-24(23,20-15-9-4-10-16-20)17-21(22,18-11-5-2-6-12-18)19-13-7-3-8-14-19/h2-16,22H,17H2,1H3. The van der Waals surface area contributed by atoms with Crippen molar-refractivity contribution < 1.29 is 9.67 Å². The molecule has 1 N–H and O–H groups in total. The molecule has 1 unspecified atom stereocenters. The summed E-state index contributed by atoms with van der Waals surface area (Å²) in [5.41, 5.74) is 0.228. The van der Waals surface area contributed by atoms with E-state index >= 15 is 0 Å². The van der Waals surface area contributed by atoms with Crippen molar-refractivity contribution in [2.45, 2.75) is 5.60 Å². The van der Waals surface area contributed by atoms with Crippen molar-refractivity contribution in [1.82, 2.24) is 0 Å². The zero-order valence-corrected chi connectivity index (χ0v) is 14.6. The maximum absolute atomic E-state index is 13.4. The fourth-order valence-corrected chi connectivity index (χ4v) is 5.27. The van der Waals surface area contributed by atoms with Gasteiger partial charge in [0.15, 0.2) is 0 Å². The zero-order valence-electron chi connectivity index (χ0n) is 13.7. The van der Waals surface area contributed by atoms with Crippen LogP contribution in [0.4, 0.5) is 0 Å². The van der Waals surface area contributed by atoms with Crippen LogP contribution in [-0.2, 0) is 10.2 Å². The Labute approximate surface area is 143 Å². The van der Waals surface area contributed by atoms with Gasteiger partial charge in [0, 0.05) is 11.5 Å². The van der Waals surface area contributed by atoms with Crippen LogP contribution >= 0.6 is 7.14 Å². The smallest absolute Gasteiger partial charge is 0.122 e. The topological polar surface area (TPSA) is 37.3 Å². The van der Waals surface area contributed by atoms with E-state index in [9.17, 15) is 9.67 Å². The van der Waals surface area contributed by atoms with E-state index in [-0.39, 0.29) is 6.16 Å². The molecule has 0 aliphatic carbocycles. The SMILES string of the molecule is CP(=O)(CC(O)(c1ccccc1)c1ccccc1)c1ccccc1. The third-order valence-electron chi connectivity index (χ3n) is 4.34. The Balaban J connectivity index is 2.08. The Kier molecular flexibility index (Phi) is 4.71. The van der Waals surface area contributed by atoms with E-state index in [0.717, 1.165) is 16.4 Å². The quantitative estimate of drug-likeness (QED) is 0.708. The lowest BCUT2D eigenvalue weighted by molar-refractivity contribution is 0.105. The molecule has 3 aromatic rings. The van der Waals surface area contributed by atoms with Crippen molar-refractivity contribution in [3.05, 3.63) is 102 Å². The minimum Gasteiger partial charge on any atom is -0.380 e. The average Bonchev–Trinajstić information content (AvgIpc) is 2.63. The Hall–Kier alpha value is -2.15. The van der Waals surface area contributed by atoms with Crippen molar-refractivity contribution in [1.29, 1.82) is 0 Å². The molecule has 122 valence electrons. The third kappa shape index (κ3) is 3.36. The lowest BCUT2D eigenvalue weighted by atomic mass is 9.88. The van der Waals surface area contributed by atoms with Crippen molar-refractivity contribution in [3.63, 3.8) is 0 Å². The molecule has 0 amide bonds. The molecule has 3 heteroatoms. The maximum atomic E-state index is 13.4. The first-order valence-electron chi connectivity index (χ1n) is 7.98. The van der Waals surface area contributed by atoms with E-state index < -0.39 is 12.7 Å². The fraction of sp³-hybridized carbons (Fsp3) is 0.143. The summed E-state index contributed by atoms with van der Waals surface area (Å²) in [7, 11) is -2.75. The number of aliphatic hydroxyl groups is 1. The summed E-state index contributed by atoms with van der Waals surface area (Å²) in [6.45, 7) is 1.75. The van der Waals surface area contributed by atoms with Gasteiger partial charge in [0.1, 0.15) is 12.7 Å². The molecule has 0 aliphatic rings. The summed E-state index contributed by atoms with van der Waals surface area (Å²) in [4.78, 5) is 0. The van der Waals surface area contributed by atoms with E-state index in [1.165, 1.54) is 0 Å². The molecular weight excluding hydrogens is 315 g/mol. The molecule has 0 aromatic heterocycles. The van der Waals surface area contributed by atoms with Crippen molar-refractivity contribution in [2.24, 2.45) is 0 Å². The molecule has 24 heavy (non-hydrogen) atoms. The predicted octanol–water partition coefficient (Wildman–Crippen LogP) is 4.24. The molecule has 0 spiro atoms. The van der Waals surface area contributed by atoms with Crippen LogP contribution in [0.15, 0.2) is 91.0 Å². The lowest BCUT2D eigenvalue weighted by Gasteiger charge is -2.32. The van der Waals surface area contributed by atoms with Crippen LogP contribution < -0.4 is 5.30 Å². The molecule has 0 bridgehead atoms. The Morgan fingerprint density at radius 3 is 1.54 bits per heavy atom. The van der Waals surface area contributed by atoms with Crippen molar-refractivity contribution in [2.75, 3.05) is 12.8 Å². The second-order valence-corrected chi connectivity index (χ2v) is 9.22. The first-order chi connectivity index (χ1) is 11.5. The van der Waals surface area contributed by atoms with Gasteiger partial charge >= 0.3 is 0 Å². The first-order valence-corrected chi connectivity index (χ1v) is 10.3. The monoisotopic (exact) mass is 336 g/mol. The van der Waals surface area contributed by atoms with Crippen molar-refractivity contribution in [3.8, 4) is 0 Å². The molecule has 1 atom stereocenters. The molecule has 0 saturated heterocycles. The molecule has 0 saturated carbocycles. The summed E-state index contributed by atoms with van der Waals surface area (Å²) in [5.74, 6) is 0. The zero-order chi connectivity index (χ0) is 17.0. The van der Waals surface area contributed by atoms with E-state index in [4.69, 9.17) is 0 Å². The van der Waals surface area contributed by atoms with Crippen LogP contribution in [0.1, 0.15) is 11.1 Å². The normalized spacial score (nSPS) is 14.1. The molecule has 2 nitrogen and oxygen atoms in total. The lowest BCUT2D eigenvalue weighted by Crippen LogP contribution is -2.33. The average molecular weight is 336 g/mol. The van der Waals surface area contributed by atoms with Gasteiger partial charge in [-0.25, -0.2) is 0 Å². The minimum atomic E-state index is -2.75. The highest BCUT2D eigenvalue weighted by Crippen LogP contribution is 2.48. The summed E-state index contributed by atoms with van der Waals surface area (Å²) in [5, 5.41) is 12.4. The maximum Gasteiger partial charge on any atom is 0.122 e. The van der Waals surface area contributed by atoms with Crippen LogP contribution in [0.25, 0.3) is 0 Å². The summed E-state index contributed by atoms with van der Waals surface area (Å²) < 4.78 is 13.4. The van der Waals surface area contributed by atoms with Gasteiger partial charge in [-0.2, -0.15) is 0 Å². The highest BCUT2D eigenvalue weighted by molar-refractivity contribution is 7.70. The van der Waals surface area contributed by atoms with Gasteiger partial charge in [-0.1, -0.05) is 91.0 Å². The number of hydrogen-bond acceptors (Lipinski definition) is 2. The molecule has 0 aliphatic heterocycles. The van der Waals surface area contributed by atoms with E-state index in [2.05, 4.69) is 0 Å². The van der Waals surface area contributed by atoms with Gasteiger partial charge in [-0.15, -0.1) is 0 Å². The molecule has 0 fully saturated rings. The van der Waals surface area contributed by atoms with Crippen LogP contribution in [0.3, 0.4) is 0 Å². The summed E-state index contributed by atoms with van der Waals surface area (Å²) in [6.07, 6.45) is 0.165. The van der Waals surface area contributed by atoms with E-state index in [1.54, 1.807) is 6.66 Å². The van der Waals surface area contributed by atoms with E-state index in [0.29, 0.717) is 0 Å². The van der Waals surface area contributed by atoms with E-state index in [1.807, 2.05) is 91.0 Å². The molecule has 0 radical (unpaired) electrons. The van der Waals surface area contributed by atoms with Crippen molar-refractivity contribution >= 4 is 12.4 Å². The minimum absolute atomic E-state index is 0.165. The van der Waals surface area contributed by atoms with Crippen LogP contribution in [0, 0.1) is 0 Å². The Morgan fingerprint density at radius 1 is 0.750 bits per heavy atom. The number of hydrogen-bond donors (Lipinski definition) is 1. The summed E-state index contributed by atoms with van der Waals surface area (Å²) >= 11 is 0.